The number of pyridine rings is 1. The third-order valence-electron chi connectivity index (χ3n) is 5.56. The number of fused-ring (bicyclic) bond motifs is 1. The Hall–Kier alpha value is -3.21. The molecule has 0 unspecified atom stereocenters. The van der Waals surface area contributed by atoms with Crippen molar-refractivity contribution in [3.05, 3.63) is 69.9 Å². The van der Waals surface area contributed by atoms with Crippen LogP contribution in [0.5, 0.6) is 0 Å². The van der Waals surface area contributed by atoms with Gasteiger partial charge in [0, 0.05) is 23.8 Å². The lowest BCUT2D eigenvalue weighted by Crippen LogP contribution is -2.36. The summed E-state index contributed by atoms with van der Waals surface area (Å²) in [7, 11) is 1.66. The number of nitrogens with zero attached hydrogens (tertiary/aromatic N) is 2. The van der Waals surface area contributed by atoms with E-state index >= 15 is 0 Å². The molecule has 5 nitrogen and oxygen atoms in total. The summed E-state index contributed by atoms with van der Waals surface area (Å²) in [4.78, 5) is 31.5. The second-order valence-corrected chi connectivity index (χ2v) is 8.07. The third-order valence-corrected chi connectivity index (χ3v) is 5.56. The van der Waals surface area contributed by atoms with Crippen molar-refractivity contribution >= 4 is 28.4 Å². The van der Waals surface area contributed by atoms with Crippen molar-refractivity contribution in [1.82, 2.24) is 9.88 Å². The first-order valence-corrected chi connectivity index (χ1v) is 10.1. The summed E-state index contributed by atoms with van der Waals surface area (Å²) < 4.78 is 0. The number of carbonyl (C=O) groups excluding carboxylic acids is 2. The number of hydrogen-bond donors (Lipinski definition) is 1. The van der Waals surface area contributed by atoms with E-state index < -0.39 is 0 Å². The van der Waals surface area contributed by atoms with E-state index in [4.69, 9.17) is 0 Å². The first-order valence-electron chi connectivity index (χ1n) is 10.1. The molecular weight excluding hydrogens is 374 g/mol. The SMILES string of the molecule is Cc1cc(C)c(NC(=O)CN(C)C(=O)Cc2c(C)nc3ccccc3c2C)c(C)c1. The fourth-order valence-electron chi connectivity index (χ4n) is 3.98. The number of aryl methyl sites for hydroxylation is 5. The molecule has 3 aromatic rings. The van der Waals surface area contributed by atoms with E-state index in [9.17, 15) is 9.59 Å². The van der Waals surface area contributed by atoms with Gasteiger partial charge in [0.25, 0.3) is 0 Å². The molecule has 0 bridgehead atoms. The zero-order valence-corrected chi connectivity index (χ0v) is 18.6. The molecule has 0 atom stereocenters. The lowest BCUT2D eigenvalue weighted by molar-refractivity contribution is -0.132. The van der Waals surface area contributed by atoms with Gasteiger partial charge in [-0.3, -0.25) is 14.6 Å². The van der Waals surface area contributed by atoms with Crippen molar-refractivity contribution in [2.24, 2.45) is 0 Å². The molecule has 0 aliphatic rings. The van der Waals surface area contributed by atoms with E-state index in [2.05, 4.69) is 10.3 Å². The summed E-state index contributed by atoms with van der Waals surface area (Å²) in [6.07, 6.45) is 0.224. The Morgan fingerprint density at radius 2 is 1.63 bits per heavy atom. The van der Waals surface area contributed by atoms with Crippen LogP contribution in [-0.2, 0) is 16.0 Å². The molecule has 0 aliphatic carbocycles. The average Bonchev–Trinajstić information content (AvgIpc) is 2.67. The Kier molecular flexibility index (Phi) is 6.20. The zero-order valence-electron chi connectivity index (χ0n) is 18.6. The first kappa shape index (κ1) is 21.5. The average molecular weight is 404 g/mol. The molecule has 0 radical (unpaired) electrons. The summed E-state index contributed by atoms with van der Waals surface area (Å²) in [6.45, 7) is 9.94. The van der Waals surface area contributed by atoms with Crippen LogP contribution in [-0.4, -0.2) is 35.3 Å². The summed E-state index contributed by atoms with van der Waals surface area (Å²) in [5.41, 5.74) is 7.78. The van der Waals surface area contributed by atoms with Crippen LogP contribution in [0.25, 0.3) is 10.9 Å². The van der Waals surface area contributed by atoms with Crippen molar-refractivity contribution in [2.45, 2.75) is 41.0 Å². The highest BCUT2D eigenvalue weighted by atomic mass is 16.2. The molecule has 1 heterocycles. The van der Waals surface area contributed by atoms with E-state index in [-0.39, 0.29) is 24.8 Å². The molecule has 1 N–H and O–H groups in total. The van der Waals surface area contributed by atoms with E-state index in [0.29, 0.717) is 0 Å². The summed E-state index contributed by atoms with van der Waals surface area (Å²) in [5, 5.41) is 4.01. The van der Waals surface area contributed by atoms with Gasteiger partial charge in [-0.1, -0.05) is 35.9 Å². The molecular formula is C25H29N3O2. The monoisotopic (exact) mass is 403 g/mol. The number of anilines is 1. The molecule has 1 aromatic heterocycles. The van der Waals surface area contributed by atoms with Crippen LogP contribution in [0, 0.1) is 34.6 Å². The molecule has 2 aromatic carbocycles. The number of likely N-dealkylation sites (N-methyl/N-ethyl adjacent to an activating group) is 1. The minimum absolute atomic E-state index is 0.00466. The van der Waals surface area contributed by atoms with Crippen molar-refractivity contribution in [1.29, 1.82) is 0 Å². The Labute approximate surface area is 178 Å². The van der Waals surface area contributed by atoms with Crippen LogP contribution in [0.2, 0.25) is 0 Å². The van der Waals surface area contributed by atoms with E-state index in [1.807, 2.05) is 71.0 Å². The number of hydrogen-bond acceptors (Lipinski definition) is 3. The Morgan fingerprint density at radius 1 is 1.00 bits per heavy atom. The summed E-state index contributed by atoms with van der Waals surface area (Å²) >= 11 is 0. The van der Waals surface area contributed by atoms with Gasteiger partial charge in [0.05, 0.1) is 18.5 Å². The van der Waals surface area contributed by atoms with Gasteiger partial charge in [-0.05, 0) is 62.9 Å². The quantitative estimate of drug-likeness (QED) is 0.686. The van der Waals surface area contributed by atoms with E-state index in [1.165, 1.54) is 4.90 Å². The van der Waals surface area contributed by atoms with Gasteiger partial charge in [-0.2, -0.15) is 0 Å². The van der Waals surface area contributed by atoms with Gasteiger partial charge in [-0.25, -0.2) is 0 Å². The smallest absolute Gasteiger partial charge is 0.243 e. The molecule has 156 valence electrons. The molecule has 5 heteroatoms. The van der Waals surface area contributed by atoms with Crippen molar-refractivity contribution in [3.8, 4) is 0 Å². The number of nitrogens with one attached hydrogen (secondary N) is 1. The van der Waals surface area contributed by atoms with E-state index in [1.54, 1.807) is 7.05 Å². The van der Waals surface area contributed by atoms with Crippen LogP contribution >= 0.6 is 0 Å². The highest BCUT2D eigenvalue weighted by Crippen LogP contribution is 2.24. The maximum absolute atomic E-state index is 12.8. The predicted octanol–water partition coefficient (Wildman–Crippen LogP) is 4.42. The number of amides is 2. The Balaban J connectivity index is 1.71. The molecule has 30 heavy (non-hydrogen) atoms. The van der Waals surface area contributed by atoms with Crippen molar-refractivity contribution < 1.29 is 9.59 Å². The standard InChI is InChI=1S/C25H29N3O2/c1-15-11-16(2)25(17(3)12-15)27-23(29)14-28(6)24(30)13-21-18(4)20-9-7-8-10-22(20)26-19(21)5/h7-12H,13-14H2,1-6H3,(H,27,29). The lowest BCUT2D eigenvalue weighted by Gasteiger charge is -2.20. The summed E-state index contributed by atoms with van der Waals surface area (Å²) in [5.74, 6) is -0.309. The molecule has 0 aliphatic heterocycles. The van der Waals surface area contributed by atoms with Crippen LogP contribution in [0.15, 0.2) is 36.4 Å². The Morgan fingerprint density at radius 3 is 2.30 bits per heavy atom. The zero-order chi connectivity index (χ0) is 22.0. The number of rotatable bonds is 5. The normalized spacial score (nSPS) is 10.9. The van der Waals surface area contributed by atoms with Crippen LogP contribution in [0.4, 0.5) is 5.69 Å². The van der Waals surface area contributed by atoms with Crippen LogP contribution < -0.4 is 5.32 Å². The van der Waals surface area contributed by atoms with Gasteiger partial charge >= 0.3 is 0 Å². The van der Waals surface area contributed by atoms with Crippen LogP contribution in [0.3, 0.4) is 0 Å². The minimum atomic E-state index is -0.203. The maximum Gasteiger partial charge on any atom is 0.243 e. The van der Waals surface area contributed by atoms with Crippen molar-refractivity contribution in [3.63, 3.8) is 0 Å². The van der Waals surface area contributed by atoms with Gasteiger partial charge in [0.1, 0.15) is 0 Å². The predicted molar refractivity (Wildman–Crippen MR) is 122 cm³/mol. The highest BCUT2D eigenvalue weighted by Gasteiger charge is 2.18. The summed E-state index contributed by atoms with van der Waals surface area (Å²) in [6, 6.07) is 12.0. The number of benzene rings is 2. The van der Waals surface area contributed by atoms with Gasteiger partial charge in [0.15, 0.2) is 0 Å². The maximum atomic E-state index is 12.8. The first-order chi connectivity index (χ1) is 14.2. The van der Waals surface area contributed by atoms with E-state index in [0.717, 1.165) is 50.1 Å². The number of para-hydroxylation sites is 1. The fourth-order valence-corrected chi connectivity index (χ4v) is 3.98. The number of carbonyl (C=O) groups is 2. The Bertz CT molecular complexity index is 1110. The fraction of sp³-hybridized carbons (Fsp3) is 0.320. The molecule has 0 saturated heterocycles. The second-order valence-electron chi connectivity index (χ2n) is 8.07. The molecule has 0 fully saturated rings. The van der Waals surface area contributed by atoms with Gasteiger partial charge in [-0.15, -0.1) is 0 Å². The highest BCUT2D eigenvalue weighted by molar-refractivity contribution is 5.96. The minimum Gasteiger partial charge on any atom is -0.336 e. The molecule has 0 spiro atoms. The molecule has 3 rings (SSSR count). The van der Waals surface area contributed by atoms with Crippen molar-refractivity contribution in [2.75, 3.05) is 18.9 Å². The van der Waals surface area contributed by atoms with Gasteiger partial charge in [0.2, 0.25) is 11.8 Å². The third kappa shape index (κ3) is 4.51. The topological polar surface area (TPSA) is 62.3 Å². The van der Waals surface area contributed by atoms with Crippen LogP contribution in [0.1, 0.15) is 33.5 Å². The number of aromatic nitrogens is 1. The molecule has 0 saturated carbocycles. The van der Waals surface area contributed by atoms with Gasteiger partial charge < -0.3 is 10.2 Å². The molecule has 2 amide bonds. The largest absolute Gasteiger partial charge is 0.336 e. The lowest BCUT2D eigenvalue weighted by atomic mass is 9.99. The second kappa shape index (κ2) is 8.66.